The summed E-state index contributed by atoms with van der Waals surface area (Å²) in [6, 6.07) is 16.9. The molecule has 1 aliphatic heterocycles. The van der Waals surface area contributed by atoms with Crippen LogP contribution in [0.15, 0.2) is 60.8 Å². The summed E-state index contributed by atoms with van der Waals surface area (Å²) >= 11 is 12.6. The smallest absolute Gasteiger partial charge is 0.274 e. The molecular formula is C23H22Cl2N8O. The van der Waals surface area contributed by atoms with Gasteiger partial charge in [-0.25, -0.2) is 4.68 Å². The summed E-state index contributed by atoms with van der Waals surface area (Å²) in [6.45, 7) is 3.61. The molecule has 0 bridgehead atoms. The van der Waals surface area contributed by atoms with Crippen LogP contribution in [0.5, 0.6) is 0 Å². The fraction of sp³-hybridized carbons (Fsp3) is 0.261. The molecule has 5 rings (SSSR count). The van der Waals surface area contributed by atoms with Crippen molar-refractivity contribution in [2.45, 2.75) is 13.2 Å². The fourth-order valence-electron chi connectivity index (χ4n) is 3.87. The zero-order valence-corrected chi connectivity index (χ0v) is 19.8. The summed E-state index contributed by atoms with van der Waals surface area (Å²) in [4.78, 5) is 18.5. The van der Waals surface area contributed by atoms with E-state index in [0.29, 0.717) is 41.2 Å². The van der Waals surface area contributed by atoms with Gasteiger partial charge in [0, 0.05) is 60.1 Å². The van der Waals surface area contributed by atoms with Gasteiger partial charge >= 0.3 is 0 Å². The molecule has 2 aromatic heterocycles. The highest BCUT2D eigenvalue weighted by Gasteiger charge is 2.24. The Morgan fingerprint density at radius 1 is 0.882 bits per heavy atom. The van der Waals surface area contributed by atoms with E-state index in [1.165, 1.54) is 4.80 Å². The zero-order valence-electron chi connectivity index (χ0n) is 18.3. The first-order valence-corrected chi connectivity index (χ1v) is 11.6. The Hall–Kier alpha value is -3.27. The molecule has 1 aliphatic rings. The first kappa shape index (κ1) is 22.5. The van der Waals surface area contributed by atoms with Crippen molar-refractivity contribution in [3.05, 3.63) is 82.1 Å². The van der Waals surface area contributed by atoms with Crippen LogP contribution >= 0.6 is 23.2 Å². The molecule has 9 nitrogen and oxygen atoms in total. The van der Waals surface area contributed by atoms with Gasteiger partial charge in [-0.2, -0.15) is 5.10 Å². The number of benzene rings is 2. The first-order valence-electron chi connectivity index (χ1n) is 10.9. The number of aromatic nitrogens is 6. The molecule has 0 spiro atoms. The second-order valence-electron chi connectivity index (χ2n) is 8.00. The van der Waals surface area contributed by atoms with Crippen LogP contribution in [0.25, 0.3) is 11.4 Å². The van der Waals surface area contributed by atoms with Crippen LogP contribution < -0.4 is 0 Å². The lowest BCUT2D eigenvalue weighted by molar-refractivity contribution is 0.0621. The van der Waals surface area contributed by atoms with Gasteiger partial charge in [-0.15, -0.1) is 15.0 Å². The fourth-order valence-corrected chi connectivity index (χ4v) is 4.39. The minimum Gasteiger partial charge on any atom is -0.335 e. The van der Waals surface area contributed by atoms with E-state index in [1.54, 1.807) is 16.9 Å². The number of piperazine rings is 1. The maximum Gasteiger partial charge on any atom is 0.274 e. The minimum atomic E-state index is -0.0919. The lowest BCUT2D eigenvalue weighted by Crippen LogP contribution is -2.48. The standard InChI is InChI=1S/C23H22Cl2N8O/c24-19-7-4-8-20(25)18(19)15-30-11-13-31(14-12-30)23(34)21-9-10-32(27-21)16-33-28-22(26-29-33)17-5-2-1-3-6-17/h1-10H,11-16H2. The molecule has 0 unspecified atom stereocenters. The molecule has 34 heavy (non-hydrogen) atoms. The highest BCUT2D eigenvalue weighted by molar-refractivity contribution is 6.35. The topological polar surface area (TPSA) is 85.0 Å². The van der Waals surface area contributed by atoms with Crippen LogP contribution in [0.4, 0.5) is 0 Å². The van der Waals surface area contributed by atoms with E-state index < -0.39 is 0 Å². The monoisotopic (exact) mass is 496 g/mol. The zero-order chi connectivity index (χ0) is 23.5. The Kier molecular flexibility index (Phi) is 6.57. The summed E-state index contributed by atoms with van der Waals surface area (Å²) in [5.41, 5.74) is 2.20. The van der Waals surface area contributed by atoms with E-state index in [0.717, 1.165) is 24.2 Å². The Bertz CT molecular complexity index is 1260. The van der Waals surface area contributed by atoms with E-state index in [1.807, 2.05) is 53.4 Å². The van der Waals surface area contributed by atoms with Crippen LogP contribution in [0, 0.1) is 0 Å². The molecule has 0 N–H and O–H groups in total. The molecule has 1 saturated heterocycles. The Morgan fingerprint density at radius 2 is 1.62 bits per heavy atom. The molecule has 4 aromatic rings. The third kappa shape index (κ3) is 4.96. The second kappa shape index (κ2) is 9.92. The molecule has 174 valence electrons. The largest absolute Gasteiger partial charge is 0.335 e. The Balaban J connectivity index is 1.17. The number of carbonyl (C=O) groups excluding carboxylic acids is 1. The normalized spacial score (nSPS) is 14.5. The summed E-state index contributed by atoms with van der Waals surface area (Å²) in [6.07, 6.45) is 1.74. The van der Waals surface area contributed by atoms with Gasteiger partial charge in [0.2, 0.25) is 5.82 Å². The number of halogens is 2. The summed E-state index contributed by atoms with van der Waals surface area (Å²) in [5.74, 6) is 0.450. The summed E-state index contributed by atoms with van der Waals surface area (Å²) < 4.78 is 1.62. The lowest BCUT2D eigenvalue weighted by Gasteiger charge is -2.34. The second-order valence-corrected chi connectivity index (χ2v) is 8.82. The van der Waals surface area contributed by atoms with Crippen molar-refractivity contribution in [3.8, 4) is 11.4 Å². The average molecular weight is 497 g/mol. The van der Waals surface area contributed by atoms with Gasteiger partial charge in [-0.1, -0.05) is 59.6 Å². The molecular weight excluding hydrogens is 475 g/mol. The molecule has 0 saturated carbocycles. The van der Waals surface area contributed by atoms with Crippen LogP contribution in [0.1, 0.15) is 16.1 Å². The maximum absolute atomic E-state index is 13.0. The SMILES string of the molecule is O=C(c1ccn(Cn2nnc(-c3ccccc3)n2)n1)N1CCN(Cc2c(Cl)cccc2Cl)CC1. The first-order chi connectivity index (χ1) is 16.6. The van der Waals surface area contributed by atoms with Gasteiger partial charge in [0.1, 0.15) is 5.69 Å². The lowest BCUT2D eigenvalue weighted by atomic mass is 10.2. The quantitative estimate of drug-likeness (QED) is 0.407. The van der Waals surface area contributed by atoms with Crippen molar-refractivity contribution >= 4 is 29.1 Å². The number of carbonyl (C=O) groups is 1. The van der Waals surface area contributed by atoms with Crippen molar-refractivity contribution in [2.24, 2.45) is 0 Å². The molecule has 1 fully saturated rings. The van der Waals surface area contributed by atoms with Crippen LogP contribution in [-0.4, -0.2) is 71.9 Å². The van der Waals surface area contributed by atoms with E-state index in [-0.39, 0.29) is 12.6 Å². The van der Waals surface area contributed by atoms with Gasteiger partial charge in [0.15, 0.2) is 6.67 Å². The highest BCUT2D eigenvalue weighted by atomic mass is 35.5. The van der Waals surface area contributed by atoms with E-state index in [2.05, 4.69) is 25.4 Å². The summed E-state index contributed by atoms with van der Waals surface area (Å²) in [5, 5.41) is 18.3. The number of rotatable bonds is 6. The Morgan fingerprint density at radius 3 is 2.35 bits per heavy atom. The minimum absolute atomic E-state index is 0.0919. The third-order valence-corrected chi connectivity index (χ3v) is 6.43. The molecule has 0 aliphatic carbocycles. The van der Waals surface area contributed by atoms with Crippen LogP contribution in [-0.2, 0) is 13.2 Å². The van der Waals surface area contributed by atoms with Gasteiger partial charge in [0.25, 0.3) is 5.91 Å². The number of tetrazole rings is 1. The van der Waals surface area contributed by atoms with Gasteiger partial charge in [-0.3, -0.25) is 9.69 Å². The van der Waals surface area contributed by atoms with Gasteiger partial charge < -0.3 is 4.90 Å². The van der Waals surface area contributed by atoms with Gasteiger partial charge in [-0.05, 0) is 23.4 Å². The predicted molar refractivity (Wildman–Crippen MR) is 129 cm³/mol. The molecule has 3 heterocycles. The molecule has 0 atom stereocenters. The third-order valence-electron chi connectivity index (χ3n) is 5.72. The van der Waals surface area contributed by atoms with Crippen molar-refractivity contribution in [1.29, 1.82) is 0 Å². The summed E-state index contributed by atoms with van der Waals surface area (Å²) in [7, 11) is 0. The van der Waals surface area contributed by atoms with Gasteiger partial charge in [0.05, 0.1) is 0 Å². The van der Waals surface area contributed by atoms with Crippen molar-refractivity contribution in [2.75, 3.05) is 26.2 Å². The molecule has 2 aromatic carbocycles. The van der Waals surface area contributed by atoms with E-state index in [4.69, 9.17) is 23.2 Å². The molecule has 0 radical (unpaired) electrons. The van der Waals surface area contributed by atoms with Crippen LogP contribution in [0.2, 0.25) is 10.0 Å². The molecule has 11 heteroatoms. The molecule has 1 amide bonds. The van der Waals surface area contributed by atoms with Crippen LogP contribution in [0.3, 0.4) is 0 Å². The van der Waals surface area contributed by atoms with E-state index in [9.17, 15) is 4.79 Å². The average Bonchev–Trinajstić information content (AvgIpc) is 3.52. The van der Waals surface area contributed by atoms with Crippen molar-refractivity contribution < 1.29 is 4.79 Å². The highest BCUT2D eigenvalue weighted by Crippen LogP contribution is 2.26. The Labute approximate surface area is 206 Å². The predicted octanol–water partition coefficient (Wildman–Crippen LogP) is 3.31. The number of amides is 1. The number of hydrogen-bond acceptors (Lipinski definition) is 6. The van der Waals surface area contributed by atoms with Crippen molar-refractivity contribution in [1.82, 2.24) is 39.8 Å². The number of nitrogens with zero attached hydrogens (tertiary/aromatic N) is 8. The maximum atomic E-state index is 13.0. The van der Waals surface area contributed by atoms with E-state index >= 15 is 0 Å². The van der Waals surface area contributed by atoms with Crippen molar-refractivity contribution in [3.63, 3.8) is 0 Å². The number of hydrogen-bond donors (Lipinski definition) is 0.